The lowest BCUT2D eigenvalue weighted by molar-refractivity contribution is 0.0785. The van der Waals surface area contributed by atoms with Crippen molar-refractivity contribution in [3.63, 3.8) is 0 Å². The lowest BCUT2D eigenvalue weighted by Crippen LogP contribution is -2.30. The molecule has 0 N–H and O–H groups in total. The molecule has 1 unspecified atom stereocenters. The highest BCUT2D eigenvalue weighted by Gasteiger charge is 2.14. The van der Waals surface area contributed by atoms with Gasteiger partial charge in [-0.15, -0.1) is 0 Å². The van der Waals surface area contributed by atoms with Crippen molar-refractivity contribution < 1.29 is 4.79 Å². The number of fused-ring (bicyclic) bond motifs is 1. The van der Waals surface area contributed by atoms with Gasteiger partial charge in [0.15, 0.2) is 0 Å². The summed E-state index contributed by atoms with van der Waals surface area (Å²) in [6.45, 7) is 2.25. The van der Waals surface area contributed by atoms with E-state index in [1.54, 1.807) is 11.9 Å². The van der Waals surface area contributed by atoms with Crippen LogP contribution in [0.5, 0.6) is 0 Å². The smallest absolute Gasteiger partial charge is 0.253 e. The quantitative estimate of drug-likeness (QED) is 0.858. The number of rotatable bonds is 3. The molecular weight excluding hydrogens is 316 g/mol. The summed E-state index contributed by atoms with van der Waals surface area (Å²) in [6.07, 6.45) is 0. The minimum Gasteiger partial charge on any atom is -0.340 e. The summed E-state index contributed by atoms with van der Waals surface area (Å²) in [6, 6.07) is 13.7. The molecule has 0 heterocycles. The van der Waals surface area contributed by atoms with E-state index >= 15 is 0 Å². The van der Waals surface area contributed by atoms with Gasteiger partial charge in [0, 0.05) is 23.6 Å². The third-order valence-corrected chi connectivity index (χ3v) is 3.66. The Hall–Kier alpha value is -1.86. The van der Waals surface area contributed by atoms with E-state index in [1.165, 1.54) is 0 Å². The number of nitrogens with zero attached hydrogens (tertiary/aromatic N) is 2. The fraction of sp³-hybridized carbons (Fsp3) is 0.250. The first-order chi connectivity index (χ1) is 9.51. The summed E-state index contributed by atoms with van der Waals surface area (Å²) in [5, 5.41) is 10.9. The fourth-order valence-corrected chi connectivity index (χ4v) is 2.48. The first-order valence-corrected chi connectivity index (χ1v) is 7.15. The number of halogens is 1. The largest absolute Gasteiger partial charge is 0.340 e. The maximum Gasteiger partial charge on any atom is 0.253 e. The van der Waals surface area contributed by atoms with Crippen LogP contribution in [-0.2, 0) is 0 Å². The lowest BCUT2D eigenvalue weighted by Gasteiger charge is -2.18. The molecule has 0 aliphatic heterocycles. The van der Waals surface area contributed by atoms with Crippen LogP contribution in [0.3, 0.4) is 0 Å². The van der Waals surface area contributed by atoms with E-state index in [1.807, 2.05) is 43.3 Å². The van der Waals surface area contributed by atoms with E-state index in [4.69, 9.17) is 5.26 Å². The van der Waals surface area contributed by atoms with Crippen LogP contribution in [-0.4, -0.2) is 24.4 Å². The van der Waals surface area contributed by atoms with Gasteiger partial charge in [-0.2, -0.15) is 5.26 Å². The van der Waals surface area contributed by atoms with Crippen LogP contribution in [0.4, 0.5) is 0 Å². The number of benzene rings is 2. The summed E-state index contributed by atoms with van der Waals surface area (Å²) in [4.78, 5) is 13.9. The van der Waals surface area contributed by atoms with Crippen LogP contribution in [0, 0.1) is 17.2 Å². The average Bonchev–Trinajstić information content (AvgIpc) is 2.45. The van der Waals surface area contributed by atoms with Crippen molar-refractivity contribution in [3.8, 4) is 6.07 Å². The molecule has 2 aromatic rings. The van der Waals surface area contributed by atoms with Gasteiger partial charge in [0.05, 0.1) is 12.0 Å². The Morgan fingerprint density at radius 1 is 1.30 bits per heavy atom. The van der Waals surface area contributed by atoms with Gasteiger partial charge in [0.1, 0.15) is 0 Å². The molecule has 2 aromatic carbocycles. The molecule has 1 atom stereocenters. The van der Waals surface area contributed by atoms with Crippen molar-refractivity contribution in [1.29, 1.82) is 5.26 Å². The Labute approximate surface area is 126 Å². The minimum atomic E-state index is -0.166. The Morgan fingerprint density at radius 3 is 2.65 bits per heavy atom. The molecule has 0 aliphatic rings. The van der Waals surface area contributed by atoms with Crippen molar-refractivity contribution in [1.82, 2.24) is 4.90 Å². The van der Waals surface area contributed by atoms with E-state index in [0.29, 0.717) is 12.1 Å². The minimum absolute atomic E-state index is 0.0584. The zero-order valence-corrected chi connectivity index (χ0v) is 13.0. The van der Waals surface area contributed by atoms with Gasteiger partial charge in [0.25, 0.3) is 5.91 Å². The predicted molar refractivity (Wildman–Crippen MR) is 83.4 cm³/mol. The van der Waals surface area contributed by atoms with Crippen molar-refractivity contribution in [3.05, 3.63) is 46.4 Å². The van der Waals surface area contributed by atoms with E-state index < -0.39 is 0 Å². The third-order valence-electron chi connectivity index (χ3n) is 3.16. The molecule has 0 saturated heterocycles. The lowest BCUT2D eigenvalue weighted by atomic mass is 10.1. The zero-order valence-electron chi connectivity index (χ0n) is 11.4. The SMILES string of the molecule is CC(C#N)CN(C)C(=O)c1ccc2cc(Br)ccc2c1. The Morgan fingerprint density at radius 2 is 1.95 bits per heavy atom. The van der Waals surface area contributed by atoms with E-state index in [2.05, 4.69) is 22.0 Å². The maximum atomic E-state index is 12.3. The van der Waals surface area contributed by atoms with Crippen molar-refractivity contribution in [2.45, 2.75) is 6.92 Å². The summed E-state index contributed by atoms with van der Waals surface area (Å²) in [7, 11) is 1.72. The van der Waals surface area contributed by atoms with Crippen molar-refractivity contribution >= 4 is 32.6 Å². The molecule has 0 aromatic heterocycles. The number of hydrogen-bond donors (Lipinski definition) is 0. The Balaban J connectivity index is 2.27. The van der Waals surface area contributed by atoms with Gasteiger partial charge in [-0.3, -0.25) is 4.79 Å². The summed E-state index contributed by atoms with van der Waals surface area (Å²) < 4.78 is 1.02. The highest BCUT2D eigenvalue weighted by Crippen LogP contribution is 2.21. The van der Waals surface area contributed by atoms with Gasteiger partial charge in [0.2, 0.25) is 0 Å². The van der Waals surface area contributed by atoms with Gasteiger partial charge >= 0.3 is 0 Å². The van der Waals surface area contributed by atoms with Crippen LogP contribution in [0.25, 0.3) is 10.8 Å². The highest BCUT2D eigenvalue weighted by molar-refractivity contribution is 9.10. The number of carbonyl (C=O) groups excluding carboxylic acids is 1. The summed E-state index contributed by atoms with van der Waals surface area (Å²) in [5.41, 5.74) is 0.646. The van der Waals surface area contributed by atoms with Gasteiger partial charge in [-0.1, -0.05) is 28.1 Å². The molecule has 1 amide bonds. The molecule has 102 valence electrons. The number of hydrogen-bond acceptors (Lipinski definition) is 2. The second-order valence-corrected chi connectivity index (χ2v) is 5.84. The highest BCUT2D eigenvalue weighted by atomic mass is 79.9. The molecule has 2 rings (SSSR count). The fourth-order valence-electron chi connectivity index (χ4n) is 2.10. The second kappa shape index (κ2) is 6.06. The molecule has 0 spiro atoms. The normalized spacial score (nSPS) is 11.9. The molecule has 20 heavy (non-hydrogen) atoms. The monoisotopic (exact) mass is 330 g/mol. The predicted octanol–water partition coefficient (Wildman–Crippen LogP) is 3.83. The molecule has 0 aliphatic carbocycles. The Bertz CT molecular complexity index is 690. The molecule has 0 saturated carbocycles. The van der Waals surface area contributed by atoms with E-state index in [9.17, 15) is 4.79 Å². The third kappa shape index (κ3) is 3.17. The number of amides is 1. The van der Waals surface area contributed by atoms with Gasteiger partial charge in [-0.25, -0.2) is 0 Å². The summed E-state index contributed by atoms with van der Waals surface area (Å²) >= 11 is 3.43. The molecule has 0 fully saturated rings. The van der Waals surface area contributed by atoms with Crippen LogP contribution < -0.4 is 0 Å². The van der Waals surface area contributed by atoms with Crippen molar-refractivity contribution in [2.24, 2.45) is 5.92 Å². The first kappa shape index (κ1) is 14.5. The van der Waals surface area contributed by atoms with Crippen LogP contribution in [0.2, 0.25) is 0 Å². The van der Waals surface area contributed by atoms with Crippen molar-refractivity contribution in [2.75, 3.05) is 13.6 Å². The van der Waals surface area contributed by atoms with Gasteiger partial charge < -0.3 is 4.90 Å². The van der Waals surface area contributed by atoms with E-state index in [0.717, 1.165) is 15.2 Å². The molecule has 4 heteroatoms. The van der Waals surface area contributed by atoms with Crippen LogP contribution >= 0.6 is 15.9 Å². The molecular formula is C16H15BrN2O. The Kier molecular flexibility index (Phi) is 4.41. The second-order valence-electron chi connectivity index (χ2n) is 4.92. The standard InChI is InChI=1S/C16H15BrN2O/c1-11(9-18)10-19(2)16(20)14-4-3-13-8-15(17)6-5-12(13)7-14/h3-8,11H,10H2,1-2H3. The first-order valence-electron chi connectivity index (χ1n) is 6.35. The zero-order chi connectivity index (χ0) is 14.7. The number of carbonyl (C=O) groups is 1. The topological polar surface area (TPSA) is 44.1 Å². The van der Waals surface area contributed by atoms with Gasteiger partial charge in [-0.05, 0) is 42.0 Å². The number of nitriles is 1. The molecule has 3 nitrogen and oxygen atoms in total. The average molecular weight is 331 g/mol. The summed E-state index contributed by atoms with van der Waals surface area (Å²) in [5.74, 6) is -0.225. The molecule has 0 radical (unpaired) electrons. The van der Waals surface area contributed by atoms with Crippen LogP contribution in [0.1, 0.15) is 17.3 Å². The van der Waals surface area contributed by atoms with Crippen LogP contribution in [0.15, 0.2) is 40.9 Å². The van der Waals surface area contributed by atoms with E-state index in [-0.39, 0.29) is 11.8 Å². The maximum absolute atomic E-state index is 12.3. The molecule has 0 bridgehead atoms.